The summed E-state index contributed by atoms with van der Waals surface area (Å²) in [5.41, 5.74) is 1.97. The Balaban J connectivity index is 1.52. The van der Waals surface area contributed by atoms with Crippen LogP contribution < -0.4 is 31.1 Å². The first-order chi connectivity index (χ1) is 26.4. The minimum atomic E-state index is -2.96. The third-order valence-electron chi connectivity index (χ3n) is 10.5. The Hall–Kier alpha value is -4.09. The molecule has 0 radical (unpaired) electrons. The van der Waals surface area contributed by atoms with Crippen LogP contribution in [-0.4, -0.2) is 78.8 Å². The lowest BCUT2D eigenvalue weighted by molar-refractivity contribution is 0.173. The molecule has 0 spiro atoms. The van der Waals surface area contributed by atoms with Crippen LogP contribution in [0.2, 0.25) is 0 Å². The number of hydrogen-bond acceptors (Lipinski definition) is 7. The Kier molecular flexibility index (Phi) is 12.6. The number of rotatable bonds is 16. The van der Waals surface area contributed by atoms with E-state index in [1.807, 2.05) is 54.6 Å². The Labute approximate surface area is 325 Å². The van der Waals surface area contributed by atoms with Crippen molar-refractivity contribution in [3.05, 3.63) is 180 Å². The van der Waals surface area contributed by atoms with Crippen molar-refractivity contribution in [3.63, 3.8) is 0 Å². The Morgan fingerprint density at radius 3 is 0.704 bits per heavy atom. The fourth-order valence-corrected chi connectivity index (χ4v) is 16.5. The van der Waals surface area contributed by atoms with Crippen molar-refractivity contribution < 1.29 is 31.0 Å². The molecule has 6 aromatic rings. The summed E-state index contributed by atoms with van der Waals surface area (Å²) in [5.74, 6) is 0. The highest BCUT2D eigenvalue weighted by atomic mass is 28.4. The van der Waals surface area contributed by atoms with Gasteiger partial charge in [0, 0.05) is 42.7 Å². The summed E-state index contributed by atoms with van der Waals surface area (Å²) < 4.78 is 44.3. The topological polar surface area (TPSA) is 64.6 Å². The molecule has 0 unspecified atom stereocenters. The lowest BCUT2D eigenvalue weighted by atomic mass is 9.80. The van der Waals surface area contributed by atoms with E-state index in [-0.39, 0.29) is 0 Å². The first-order valence-electron chi connectivity index (χ1n) is 17.7. The number of benzene rings is 6. The lowest BCUT2D eigenvalue weighted by Crippen LogP contribution is -2.62. The molecule has 7 nitrogen and oxygen atoms in total. The van der Waals surface area contributed by atoms with Gasteiger partial charge in [0.25, 0.3) is 0 Å². The van der Waals surface area contributed by atoms with Crippen molar-refractivity contribution in [1.29, 1.82) is 0 Å². The first-order valence-corrected chi connectivity index (χ1v) is 24.0. The molecule has 0 atom stereocenters. The molecule has 0 aliphatic carbocycles. The molecule has 54 heavy (non-hydrogen) atoms. The predicted molar refractivity (Wildman–Crippen MR) is 227 cm³/mol. The second-order valence-corrected chi connectivity index (χ2v) is 22.8. The summed E-state index contributed by atoms with van der Waals surface area (Å²) in [5, 5.41) is 6.08. The van der Waals surface area contributed by atoms with Crippen molar-refractivity contribution >= 4 is 67.3 Å². The third kappa shape index (κ3) is 6.76. The van der Waals surface area contributed by atoms with E-state index < -0.39 is 31.3 Å². The van der Waals surface area contributed by atoms with Crippen LogP contribution in [0.15, 0.2) is 164 Å². The van der Waals surface area contributed by atoms with Crippen molar-refractivity contribution in [2.75, 3.05) is 42.7 Å². The number of hydrogen-bond donors (Lipinski definition) is 0. The highest BCUT2D eigenvalue weighted by Crippen LogP contribution is 2.39. The van der Waals surface area contributed by atoms with E-state index in [2.05, 4.69) is 109 Å². The maximum atomic E-state index is 6.87. The maximum Gasteiger partial charge on any atom is 0.406 e. The molecule has 278 valence electrons. The van der Waals surface area contributed by atoms with Crippen molar-refractivity contribution in [2.45, 2.75) is 5.60 Å². The average Bonchev–Trinajstić information content (AvgIpc) is 3.26. The summed E-state index contributed by atoms with van der Waals surface area (Å²) in [4.78, 5) is 0. The minimum absolute atomic E-state index is 0.440. The van der Waals surface area contributed by atoms with Gasteiger partial charge in [0.15, 0.2) is 0 Å². The first kappa shape index (κ1) is 39.6. The summed E-state index contributed by atoms with van der Waals surface area (Å²) in [6, 6.07) is 56.0. The predicted octanol–water partition coefficient (Wildman–Crippen LogP) is 2.82. The average molecular weight is 789 g/mol. The van der Waals surface area contributed by atoms with Gasteiger partial charge < -0.3 is 31.0 Å². The van der Waals surface area contributed by atoms with Crippen molar-refractivity contribution in [1.82, 2.24) is 0 Å². The molecule has 0 fully saturated rings. The van der Waals surface area contributed by atoms with Gasteiger partial charge in [-0.3, -0.25) is 0 Å². The van der Waals surface area contributed by atoms with E-state index in [4.69, 9.17) is 31.0 Å². The molecule has 0 aliphatic heterocycles. The highest BCUT2D eigenvalue weighted by molar-refractivity contribution is 6.93. The second kappa shape index (κ2) is 17.1. The molecule has 6 aromatic carbocycles. The van der Waals surface area contributed by atoms with Gasteiger partial charge in [0.1, 0.15) is 16.1 Å². The summed E-state index contributed by atoms with van der Waals surface area (Å²) in [6.07, 6.45) is 0. The largest absolute Gasteiger partial charge is 0.411 e. The normalized spacial score (nSPS) is 12.6. The van der Waals surface area contributed by atoms with Crippen molar-refractivity contribution in [2.24, 2.45) is 0 Å². The van der Waals surface area contributed by atoms with Gasteiger partial charge in [-0.25, -0.2) is 0 Å². The Bertz CT molecular complexity index is 1820. The molecule has 0 bridgehead atoms. The van der Waals surface area contributed by atoms with Gasteiger partial charge in [-0.05, 0) is 47.8 Å². The zero-order chi connectivity index (χ0) is 38.2. The molecule has 0 saturated carbocycles. The summed E-state index contributed by atoms with van der Waals surface area (Å²) in [6.45, 7) is 0. The Morgan fingerprint density at radius 1 is 0.315 bits per heavy atom. The fraction of sp³-hybridized carbons (Fsp3) is 0.163. The summed E-state index contributed by atoms with van der Waals surface area (Å²) in [7, 11) is 1.90. The molecule has 0 aromatic heterocycles. The van der Waals surface area contributed by atoms with Crippen LogP contribution >= 0.6 is 0 Å². The van der Waals surface area contributed by atoms with Crippen molar-refractivity contribution in [3.8, 4) is 0 Å². The monoisotopic (exact) mass is 788 g/mol. The van der Waals surface area contributed by atoms with Gasteiger partial charge in [0.2, 0.25) is 0 Å². The molecule has 0 saturated heterocycles. The Morgan fingerprint density at radius 2 is 0.519 bits per heavy atom. The molecule has 0 amide bonds. The summed E-state index contributed by atoms with van der Waals surface area (Å²) >= 11 is 0. The van der Waals surface area contributed by atoms with E-state index in [1.54, 1.807) is 42.7 Å². The van der Waals surface area contributed by atoms with Gasteiger partial charge in [-0.1, -0.05) is 164 Å². The highest BCUT2D eigenvalue weighted by Gasteiger charge is 2.45. The molecule has 11 heteroatoms. The zero-order valence-corrected chi connectivity index (χ0v) is 36.9. The molecule has 0 aliphatic rings. The van der Waals surface area contributed by atoms with E-state index in [0.29, 0.717) is 10.5 Å². The minimum Gasteiger partial charge on any atom is -0.411 e. The van der Waals surface area contributed by atoms with Crippen LogP contribution in [0, 0.1) is 0 Å². The van der Waals surface area contributed by atoms with Gasteiger partial charge in [-0.2, -0.15) is 0 Å². The van der Waals surface area contributed by atoms with Crippen LogP contribution in [-0.2, 0) is 36.6 Å². The SMILES string of the molecule is CO[Si](OC)(c1ccccc1)c1ccc(C(O[SiH3])(c2ccc([Si](OC)(OC)c3ccccc3)cc2)c2ccc([Si](OC)(OC)c3ccccc3)cc2)cc1. The standard InChI is InChI=1S/C43H48O7Si4/c1-44-52(45-2,37-16-10-7-11-17-37)40-28-22-34(23-29-40)43(50-51,35-24-30-41(31-25-35)53(46-3,47-4)38-18-12-8-13-19-38)36-26-32-42(33-27-36)54(48-5,49-6)39-20-14-9-15-21-39/h7-33H,1-6,51H3. The van der Waals surface area contributed by atoms with Crippen LogP contribution in [0.25, 0.3) is 0 Å². The molecule has 0 heterocycles. The van der Waals surface area contributed by atoms with Crippen LogP contribution in [0.3, 0.4) is 0 Å². The molecular weight excluding hydrogens is 741 g/mol. The molecule has 6 rings (SSSR count). The van der Waals surface area contributed by atoms with E-state index in [1.165, 1.54) is 0 Å². The molecule has 0 N–H and O–H groups in total. The van der Waals surface area contributed by atoms with E-state index in [9.17, 15) is 0 Å². The van der Waals surface area contributed by atoms with Gasteiger partial charge in [-0.15, -0.1) is 0 Å². The molecular formula is C43H48O7Si4. The quantitative estimate of drug-likeness (QED) is 0.111. The maximum absolute atomic E-state index is 6.87. The second-order valence-electron chi connectivity index (χ2n) is 12.8. The van der Waals surface area contributed by atoms with E-state index >= 15 is 0 Å². The smallest absolute Gasteiger partial charge is 0.406 e. The van der Waals surface area contributed by atoms with E-state index in [0.717, 1.165) is 47.8 Å². The van der Waals surface area contributed by atoms with Crippen LogP contribution in [0.5, 0.6) is 0 Å². The lowest BCUT2D eigenvalue weighted by Gasteiger charge is -2.37. The third-order valence-corrected chi connectivity index (χ3v) is 21.1. The van der Waals surface area contributed by atoms with Crippen LogP contribution in [0.4, 0.5) is 0 Å². The zero-order valence-electron chi connectivity index (χ0n) is 31.9. The van der Waals surface area contributed by atoms with Gasteiger partial charge in [0.05, 0.1) is 0 Å². The van der Waals surface area contributed by atoms with Crippen LogP contribution in [0.1, 0.15) is 16.7 Å². The van der Waals surface area contributed by atoms with Gasteiger partial charge >= 0.3 is 25.7 Å². The fourth-order valence-electron chi connectivity index (χ4n) is 7.76.